The van der Waals surface area contributed by atoms with E-state index in [-0.39, 0.29) is 0 Å². The summed E-state index contributed by atoms with van der Waals surface area (Å²) < 4.78 is 26.6. The highest BCUT2D eigenvalue weighted by atomic mass is 19.1. The largest absolute Gasteiger partial charge is 0.311 e. The van der Waals surface area contributed by atoms with E-state index in [0.717, 1.165) is 37.1 Å². The van der Waals surface area contributed by atoms with Crippen molar-refractivity contribution in [3.8, 4) is 0 Å². The average molecular weight is 280 g/mol. The van der Waals surface area contributed by atoms with E-state index in [4.69, 9.17) is 0 Å². The number of piperazine rings is 1. The fraction of sp³-hybridized carbons (Fsp3) is 0.625. The summed E-state index contributed by atoms with van der Waals surface area (Å²) in [6, 6.07) is 4.85. The van der Waals surface area contributed by atoms with E-state index in [2.05, 4.69) is 17.1 Å². The molecule has 0 aromatic heterocycles. The van der Waals surface area contributed by atoms with Crippen LogP contribution in [-0.2, 0) is 6.54 Å². The molecule has 1 saturated heterocycles. The topological polar surface area (TPSA) is 15.3 Å². The number of nitrogens with zero attached hydrogens (tertiary/aromatic N) is 1. The number of hydrogen-bond donors (Lipinski definition) is 1. The van der Waals surface area contributed by atoms with Crippen LogP contribution in [0.25, 0.3) is 0 Å². The summed E-state index contributed by atoms with van der Waals surface area (Å²) in [4.78, 5) is 2.41. The molecule has 110 valence electrons. The van der Waals surface area contributed by atoms with Crippen molar-refractivity contribution in [3.05, 3.63) is 35.4 Å². The van der Waals surface area contributed by atoms with Crippen LogP contribution in [0.5, 0.6) is 0 Å². The van der Waals surface area contributed by atoms with Gasteiger partial charge in [0.05, 0.1) is 0 Å². The van der Waals surface area contributed by atoms with Gasteiger partial charge in [0.15, 0.2) is 0 Å². The second-order valence-electron chi connectivity index (χ2n) is 6.13. The molecule has 1 N–H and O–H groups in total. The van der Waals surface area contributed by atoms with Crippen LogP contribution >= 0.6 is 0 Å². The van der Waals surface area contributed by atoms with Crippen molar-refractivity contribution in [2.75, 3.05) is 13.1 Å². The second-order valence-corrected chi connectivity index (χ2v) is 6.13. The van der Waals surface area contributed by atoms with Crippen LogP contribution in [0.3, 0.4) is 0 Å². The first kappa shape index (κ1) is 14.0. The Hall–Kier alpha value is -1.00. The SMILES string of the molecule is CCC1CN(Cc2cc(F)cc(F)c2)C(C2CC2)CN1. The minimum atomic E-state index is -0.481. The quantitative estimate of drug-likeness (QED) is 0.912. The van der Waals surface area contributed by atoms with Crippen molar-refractivity contribution in [2.24, 2.45) is 5.92 Å². The van der Waals surface area contributed by atoms with E-state index in [1.807, 2.05) is 0 Å². The first-order valence-electron chi connectivity index (χ1n) is 7.58. The minimum Gasteiger partial charge on any atom is -0.311 e. The second kappa shape index (κ2) is 5.78. The Bertz CT molecular complexity index is 453. The molecule has 3 rings (SSSR count). The maximum atomic E-state index is 13.3. The van der Waals surface area contributed by atoms with E-state index in [0.29, 0.717) is 18.6 Å². The molecule has 1 saturated carbocycles. The molecular weight excluding hydrogens is 258 g/mol. The normalized spacial score (nSPS) is 27.8. The van der Waals surface area contributed by atoms with E-state index >= 15 is 0 Å². The lowest BCUT2D eigenvalue weighted by molar-refractivity contribution is 0.106. The maximum Gasteiger partial charge on any atom is 0.126 e. The smallest absolute Gasteiger partial charge is 0.126 e. The number of halogens is 2. The van der Waals surface area contributed by atoms with E-state index in [9.17, 15) is 8.78 Å². The average Bonchev–Trinajstić information content (AvgIpc) is 3.21. The van der Waals surface area contributed by atoms with Gasteiger partial charge in [-0.1, -0.05) is 6.92 Å². The molecule has 1 heterocycles. The van der Waals surface area contributed by atoms with Gasteiger partial charge >= 0.3 is 0 Å². The fourth-order valence-electron chi connectivity index (χ4n) is 3.24. The van der Waals surface area contributed by atoms with Crippen molar-refractivity contribution >= 4 is 0 Å². The molecular formula is C16H22F2N2. The van der Waals surface area contributed by atoms with Crippen LogP contribution < -0.4 is 5.32 Å². The van der Waals surface area contributed by atoms with Gasteiger partial charge in [0.1, 0.15) is 11.6 Å². The summed E-state index contributed by atoms with van der Waals surface area (Å²) in [5.41, 5.74) is 0.741. The Morgan fingerprint density at radius 2 is 1.90 bits per heavy atom. The predicted octanol–water partition coefficient (Wildman–Crippen LogP) is 2.93. The molecule has 4 heteroatoms. The lowest BCUT2D eigenvalue weighted by Gasteiger charge is -2.40. The Labute approximate surface area is 119 Å². The summed E-state index contributed by atoms with van der Waals surface area (Å²) in [5.74, 6) is -0.200. The highest BCUT2D eigenvalue weighted by Gasteiger charge is 2.38. The monoisotopic (exact) mass is 280 g/mol. The Balaban J connectivity index is 1.74. The van der Waals surface area contributed by atoms with Gasteiger partial charge in [0.25, 0.3) is 0 Å². The maximum absolute atomic E-state index is 13.3. The van der Waals surface area contributed by atoms with Crippen LogP contribution in [0.2, 0.25) is 0 Å². The van der Waals surface area contributed by atoms with Crippen LogP contribution in [0, 0.1) is 17.6 Å². The number of nitrogens with one attached hydrogen (secondary N) is 1. The molecule has 2 fully saturated rings. The van der Waals surface area contributed by atoms with Crippen molar-refractivity contribution in [1.82, 2.24) is 10.2 Å². The van der Waals surface area contributed by atoms with Crippen molar-refractivity contribution < 1.29 is 8.78 Å². The first-order valence-corrected chi connectivity index (χ1v) is 7.58. The van der Waals surface area contributed by atoms with Crippen LogP contribution in [0.4, 0.5) is 8.78 Å². The molecule has 1 aliphatic heterocycles. The first-order chi connectivity index (χ1) is 9.65. The molecule has 0 amide bonds. The number of rotatable bonds is 4. The molecule has 0 bridgehead atoms. The Kier molecular flexibility index (Phi) is 4.03. The third-order valence-corrected chi connectivity index (χ3v) is 4.51. The van der Waals surface area contributed by atoms with Gasteiger partial charge in [-0.05, 0) is 42.9 Å². The van der Waals surface area contributed by atoms with Gasteiger partial charge in [0.2, 0.25) is 0 Å². The molecule has 1 aliphatic carbocycles. The van der Waals surface area contributed by atoms with E-state index in [1.54, 1.807) is 0 Å². The van der Waals surface area contributed by atoms with Gasteiger partial charge in [-0.3, -0.25) is 4.90 Å². The van der Waals surface area contributed by atoms with Gasteiger partial charge in [-0.2, -0.15) is 0 Å². The van der Waals surface area contributed by atoms with Crippen LogP contribution in [-0.4, -0.2) is 30.1 Å². The van der Waals surface area contributed by atoms with Gasteiger partial charge in [-0.25, -0.2) is 8.78 Å². The zero-order chi connectivity index (χ0) is 14.1. The highest BCUT2D eigenvalue weighted by molar-refractivity contribution is 5.18. The Morgan fingerprint density at radius 1 is 1.20 bits per heavy atom. The molecule has 2 aliphatic rings. The fourth-order valence-corrected chi connectivity index (χ4v) is 3.24. The molecule has 1 aromatic carbocycles. The van der Waals surface area contributed by atoms with Crippen molar-refractivity contribution in [1.29, 1.82) is 0 Å². The van der Waals surface area contributed by atoms with Crippen molar-refractivity contribution in [2.45, 2.75) is 44.8 Å². The summed E-state index contributed by atoms with van der Waals surface area (Å²) in [6.45, 7) is 4.79. The molecule has 1 aromatic rings. The minimum absolute atomic E-state index is 0.481. The highest BCUT2D eigenvalue weighted by Crippen LogP contribution is 2.37. The lowest BCUT2D eigenvalue weighted by atomic mass is 10.0. The molecule has 0 radical (unpaired) electrons. The summed E-state index contributed by atoms with van der Waals surface area (Å²) in [5, 5.41) is 3.59. The van der Waals surface area contributed by atoms with E-state index < -0.39 is 11.6 Å². The molecule has 20 heavy (non-hydrogen) atoms. The summed E-state index contributed by atoms with van der Waals surface area (Å²) >= 11 is 0. The third kappa shape index (κ3) is 3.18. The Morgan fingerprint density at radius 3 is 2.50 bits per heavy atom. The lowest BCUT2D eigenvalue weighted by Crippen LogP contribution is -2.56. The molecule has 2 atom stereocenters. The van der Waals surface area contributed by atoms with Crippen LogP contribution in [0.1, 0.15) is 31.7 Å². The number of benzene rings is 1. The van der Waals surface area contributed by atoms with Gasteiger partial charge in [-0.15, -0.1) is 0 Å². The summed E-state index contributed by atoms with van der Waals surface area (Å²) in [6.07, 6.45) is 3.67. The van der Waals surface area contributed by atoms with Gasteiger partial charge in [0, 0.05) is 37.8 Å². The van der Waals surface area contributed by atoms with Crippen LogP contribution in [0.15, 0.2) is 18.2 Å². The molecule has 0 spiro atoms. The van der Waals surface area contributed by atoms with E-state index in [1.165, 1.54) is 25.0 Å². The van der Waals surface area contributed by atoms with Crippen molar-refractivity contribution in [3.63, 3.8) is 0 Å². The zero-order valence-electron chi connectivity index (χ0n) is 11.9. The summed E-state index contributed by atoms with van der Waals surface area (Å²) in [7, 11) is 0. The standard InChI is InChI=1S/C16H22F2N2/c1-2-15-10-20(16(8-19-15)12-3-4-12)9-11-5-13(17)7-14(18)6-11/h5-7,12,15-16,19H,2-4,8-10H2,1H3. The van der Waals surface area contributed by atoms with Gasteiger partial charge < -0.3 is 5.32 Å². The molecule has 2 nitrogen and oxygen atoms in total. The molecule has 2 unspecified atom stereocenters. The number of hydrogen-bond acceptors (Lipinski definition) is 2. The third-order valence-electron chi connectivity index (χ3n) is 4.51. The predicted molar refractivity (Wildman–Crippen MR) is 75.4 cm³/mol. The zero-order valence-corrected chi connectivity index (χ0v) is 11.9.